The summed E-state index contributed by atoms with van der Waals surface area (Å²) in [4.78, 5) is 12.8. The van der Waals surface area contributed by atoms with Gasteiger partial charge < -0.3 is 5.73 Å². The Balaban J connectivity index is 2.48. The second-order valence-electron chi connectivity index (χ2n) is 4.00. The first-order chi connectivity index (χ1) is 8.20. The molecule has 0 bridgehead atoms. The quantitative estimate of drug-likeness (QED) is 0.876. The molecule has 2 N–H and O–H groups in total. The van der Waals surface area contributed by atoms with E-state index in [0.29, 0.717) is 11.8 Å². The molecular formula is C13H16N4. The van der Waals surface area contributed by atoms with E-state index < -0.39 is 0 Å². The molecule has 0 aliphatic heterocycles. The molecule has 4 nitrogen and oxygen atoms in total. The first kappa shape index (κ1) is 11.5. The summed E-state index contributed by atoms with van der Waals surface area (Å²) < 4.78 is 0. The van der Waals surface area contributed by atoms with E-state index in [-0.39, 0.29) is 0 Å². The van der Waals surface area contributed by atoms with Crippen LogP contribution < -0.4 is 5.73 Å². The first-order valence-corrected chi connectivity index (χ1v) is 5.77. The molecule has 1 heterocycles. The SMILES string of the molecule is CCCc1nc(N)nc(-c2ccccc2C)n1. The largest absolute Gasteiger partial charge is 0.368 e. The summed E-state index contributed by atoms with van der Waals surface area (Å²) in [6.07, 6.45) is 1.82. The normalized spacial score (nSPS) is 10.5. The molecule has 2 aromatic rings. The van der Waals surface area contributed by atoms with Crippen LogP contribution in [0.4, 0.5) is 5.95 Å². The third-order valence-electron chi connectivity index (χ3n) is 2.56. The van der Waals surface area contributed by atoms with Gasteiger partial charge in [-0.15, -0.1) is 0 Å². The van der Waals surface area contributed by atoms with Crippen molar-refractivity contribution in [3.05, 3.63) is 35.7 Å². The van der Waals surface area contributed by atoms with Gasteiger partial charge in [-0.05, 0) is 18.9 Å². The van der Waals surface area contributed by atoms with E-state index in [1.165, 1.54) is 0 Å². The topological polar surface area (TPSA) is 64.7 Å². The third kappa shape index (κ3) is 2.58. The summed E-state index contributed by atoms with van der Waals surface area (Å²) in [5.41, 5.74) is 7.87. The van der Waals surface area contributed by atoms with Gasteiger partial charge in [0.2, 0.25) is 5.95 Å². The average molecular weight is 228 g/mol. The molecule has 4 heteroatoms. The lowest BCUT2D eigenvalue weighted by atomic mass is 10.1. The molecule has 0 aliphatic rings. The molecule has 17 heavy (non-hydrogen) atoms. The number of rotatable bonds is 3. The lowest BCUT2D eigenvalue weighted by Gasteiger charge is -2.06. The van der Waals surface area contributed by atoms with Gasteiger partial charge in [-0.1, -0.05) is 31.2 Å². The van der Waals surface area contributed by atoms with Gasteiger partial charge in [0.25, 0.3) is 0 Å². The Morgan fingerprint density at radius 1 is 1.12 bits per heavy atom. The third-order valence-corrected chi connectivity index (χ3v) is 2.56. The van der Waals surface area contributed by atoms with Gasteiger partial charge in [0.15, 0.2) is 5.82 Å². The summed E-state index contributed by atoms with van der Waals surface area (Å²) in [6.45, 7) is 4.13. The van der Waals surface area contributed by atoms with Crippen molar-refractivity contribution in [2.75, 3.05) is 5.73 Å². The number of anilines is 1. The number of nitrogen functional groups attached to an aromatic ring is 1. The molecular weight excluding hydrogens is 212 g/mol. The zero-order valence-corrected chi connectivity index (χ0v) is 10.1. The Morgan fingerprint density at radius 3 is 2.59 bits per heavy atom. The molecule has 0 amide bonds. The smallest absolute Gasteiger partial charge is 0.223 e. The minimum Gasteiger partial charge on any atom is -0.368 e. The Kier molecular flexibility index (Phi) is 3.32. The highest BCUT2D eigenvalue weighted by Crippen LogP contribution is 2.19. The van der Waals surface area contributed by atoms with Crippen LogP contribution in [0.5, 0.6) is 0 Å². The number of benzene rings is 1. The molecule has 0 spiro atoms. The zero-order chi connectivity index (χ0) is 12.3. The van der Waals surface area contributed by atoms with Crippen molar-refractivity contribution in [1.29, 1.82) is 0 Å². The summed E-state index contributed by atoms with van der Waals surface area (Å²) in [5, 5.41) is 0. The summed E-state index contributed by atoms with van der Waals surface area (Å²) in [7, 11) is 0. The maximum absolute atomic E-state index is 5.71. The van der Waals surface area contributed by atoms with Crippen LogP contribution in [0, 0.1) is 6.92 Å². The molecule has 0 atom stereocenters. The fraction of sp³-hybridized carbons (Fsp3) is 0.308. The highest BCUT2D eigenvalue weighted by atomic mass is 15.1. The molecule has 0 fully saturated rings. The zero-order valence-electron chi connectivity index (χ0n) is 10.1. The van der Waals surface area contributed by atoms with E-state index in [2.05, 4.69) is 21.9 Å². The van der Waals surface area contributed by atoms with Crippen LogP contribution in [-0.2, 0) is 6.42 Å². The predicted octanol–water partition coefficient (Wildman–Crippen LogP) is 2.38. The minimum atomic E-state index is 0.293. The van der Waals surface area contributed by atoms with Crippen molar-refractivity contribution in [3.8, 4) is 11.4 Å². The summed E-state index contributed by atoms with van der Waals surface area (Å²) >= 11 is 0. The van der Waals surface area contributed by atoms with Crippen LogP contribution in [0.3, 0.4) is 0 Å². The maximum atomic E-state index is 5.71. The van der Waals surface area contributed by atoms with E-state index >= 15 is 0 Å². The van der Waals surface area contributed by atoms with Crippen molar-refractivity contribution in [2.45, 2.75) is 26.7 Å². The van der Waals surface area contributed by atoms with Gasteiger partial charge in [0.05, 0.1) is 0 Å². The number of nitrogens with zero attached hydrogens (tertiary/aromatic N) is 3. The molecule has 0 radical (unpaired) electrons. The van der Waals surface area contributed by atoms with Gasteiger partial charge >= 0.3 is 0 Å². The van der Waals surface area contributed by atoms with Gasteiger partial charge in [0, 0.05) is 12.0 Å². The van der Waals surface area contributed by atoms with Crippen molar-refractivity contribution in [3.63, 3.8) is 0 Å². The van der Waals surface area contributed by atoms with Crippen LogP contribution in [-0.4, -0.2) is 15.0 Å². The standard InChI is InChI=1S/C13H16N4/c1-3-6-11-15-12(17-13(14)16-11)10-8-5-4-7-9(10)2/h4-5,7-8H,3,6H2,1-2H3,(H2,14,15,16,17). The predicted molar refractivity (Wildman–Crippen MR) is 68.4 cm³/mol. The van der Waals surface area contributed by atoms with Crippen LogP contribution in [0.2, 0.25) is 0 Å². The Hall–Kier alpha value is -1.97. The fourth-order valence-electron chi connectivity index (χ4n) is 1.72. The van der Waals surface area contributed by atoms with E-state index in [9.17, 15) is 0 Å². The van der Waals surface area contributed by atoms with Crippen molar-refractivity contribution in [2.24, 2.45) is 0 Å². The van der Waals surface area contributed by atoms with Crippen molar-refractivity contribution < 1.29 is 0 Å². The Morgan fingerprint density at radius 2 is 1.88 bits per heavy atom. The van der Waals surface area contributed by atoms with Gasteiger partial charge in [-0.25, -0.2) is 4.98 Å². The first-order valence-electron chi connectivity index (χ1n) is 5.77. The van der Waals surface area contributed by atoms with E-state index in [1.54, 1.807) is 0 Å². The second kappa shape index (κ2) is 4.91. The van der Waals surface area contributed by atoms with Gasteiger partial charge in [0.1, 0.15) is 5.82 Å². The number of aryl methyl sites for hydroxylation is 2. The lowest BCUT2D eigenvalue weighted by molar-refractivity contribution is 0.824. The average Bonchev–Trinajstić information content (AvgIpc) is 2.29. The molecule has 0 saturated carbocycles. The second-order valence-corrected chi connectivity index (χ2v) is 4.00. The molecule has 0 aliphatic carbocycles. The van der Waals surface area contributed by atoms with E-state index in [0.717, 1.165) is 29.8 Å². The number of hydrogen-bond acceptors (Lipinski definition) is 4. The van der Waals surface area contributed by atoms with Crippen LogP contribution in [0.1, 0.15) is 24.7 Å². The fourth-order valence-corrected chi connectivity index (χ4v) is 1.72. The maximum Gasteiger partial charge on any atom is 0.223 e. The molecule has 1 aromatic heterocycles. The molecule has 88 valence electrons. The van der Waals surface area contributed by atoms with E-state index in [1.807, 2.05) is 31.2 Å². The monoisotopic (exact) mass is 228 g/mol. The number of aromatic nitrogens is 3. The molecule has 0 saturated heterocycles. The number of nitrogens with two attached hydrogens (primary N) is 1. The highest BCUT2D eigenvalue weighted by molar-refractivity contribution is 5.60. The number of hydrogen-bond donors (Lipinski definition) is 1. The van der Waals surface area contributed by atoms with E-state index in [4.69, 9.17) is 5.73 Å². The lowest BCUT2D eigenvalue weighted by Crippen LogP contribution is -2.05. The van der Waals surface area contributed by atoms with Crippen LogP contribution >= 0.6 is 0 Å². The van der Waals surface area contributed by atoms with Crippen molar-refractivity contribution >= 4 is 5.95 Å². The van der Waals surface area contributed by atoms with Crippen molar-refractivity contribution in [1.82, 2.24) is 15.0 Å². The molecule has 1 aromatic carbocycles. The Labute approximate surface area is 101 Å². The molecule has 0 unspecified atom stereocenters. The van der Waals surface area contributed by atoms with Crippen LogP contribution in [0.25, 0.3) is 11.4 Å². The summed E-state index contributed by atoms with van der Waals surface area (Å²) in [5.74, 6) is 1.72. The van der Waals surface area contributed by atoms with Crippen LogP contribution in [0.15, 0.2) is 24.3 Å². The van der Waals surface area contributed by atoms with Gasteiger partial charge in [-0.3, -0.25) is 0 Å². The highest BCUT2D eigenvalue weighted by Gasteiger charge is 2.08. The summed E-state index contributed by atoms with van der Waals surface area (Å²) in [6, 6.07) is 8.01. The molecule has 2 rings (SSSR count). The Bertz CT molecular complexity index is 523. The van der Waals surface area contributed by atoms with Gasteiger partial charge in [-0.2, -0.15) is 9.97 Å². The minimum absolute atomic E-state index is 0.293.